The molecule has 0 saturated heterocycles. The van der Waals surface area contributed by atoms with Crippen LogP contribution in [0.1, 0.15) is 45.6 Å². The fraction of sp³-hybridized carbons (Fsp3) is 0.500. The van der Waals surface area contributed by atoms with E-state index in [-0.39, 0.29) is 25.9 Å². The minimum atomic E-state index is -1.18. The third-order valence-corrected chi connectivity index (χ3v) is 3.10. The van der Waals surface area contributed by atoms with E-state index in [9.17, 15) is 19.5 Å². The van der Waals surface area contributed by atoms with Crippen LogP contribution in [0, 0.1) is 0 Å². The Hall–Kier alpha value is -2.57. The molecule has 0 heterocycles. The number of benzene rings is 1. The summed E-state index contributed by atoms with van der Waals surface area (Å²) in [5, 5.41) is 11.5. The smallest absolute Gasteiger partial charge is 0.408 e. The van der Waals surface area contributed by atoms with Crippen molar-refractivity contribution in [3.63, 3.8) is 0 Å². The normalized spacial score (nSPS) is 12.1. The molecular formula is C18H25NO6. The second-order valence-corrected chi connectivity index (χ2v) is 6.58. The maximum absolute atomic E-state index is 11.7. The van der Waals surface area contributed by atoms with Crippen LogP contribution in [0.2, 0.25) is 0 Å². The molecule has 0 aliphatic rings. The lowest BCUT2D eigenvalue weighted by atomic mass is 10.1. The van der Waals surface area contributed by atoms with Gasteiger partial charge in [-0.25, -0.2) is 9.59 Å². The number of carbonyl (C=O) groups is 3. The number of carbonyl (C=O) groups excluding carboxylic acids is 2. The van der Waals surface area contributed by atoms with Crippen molar-refractivity contribution in [3.05, 3.63) is 35.9 Å². The molecule has 0 unspecified atom stereocenters. The summed E-state index contributed by atoms with van der Waals surface area (Å²) in [7, 11) is 0. The molecule has 1 aromatic carbocycles. The zero-order chi connectivity index (χ0) is 18.9. The number of carboxylic acid groups (broad SMARTS) is 1. The van der Waals surface area contributed by atoms with E-state index in [4.69, 9.17) is 9.47 Å². The third-order valence-electron chi connectivity index (χ3n) is 3.10. The van der Waals surface area contributed by atoms with Gasteiger partial charge in [0, 0.05) is 6.42 Å². The molecule has 0 aliphatic carbocycles. The van der Waals surface area contributed by atoms with Crippen molar-refractivity contribution in [1.29, 1.82) is 0 Å². The molecule has 7 heteroatoms. The Morgan fingerprint density at radius 2 is 1.80 bits per heavy atom. The zero-order valence-corrected chi connectivity index (χ0v) is 14.8. The number of ether oxygens (including phenoxy) is 2. The monoisotopic (exact) mass is 351 g/mol. The average molecular weight is 351 g/mol. The number of rotatable bonds is 8. The van der Waals surface area contributed by atoms with E-state index in [1.54, 1.807) is 32.9 Å². The number of nitrogens with one attached hydrogen (secondary N) is 1. The summed E-state index contributed by atoms with van der Waals surface area (Å²) in [4.78, 5) is 34.6. The van der Waals surface area contributed by atoms with Gasteiger partial charge in [0.05, 0.1) is 0 Å². The number of esters is 1. The van der Waals surface area contributed by atoms with Crippen LogP contribution in [-0.2, 0) is 25.7 Å². The van der Waals surface area contributed by atoms with Crippen molar-refractivity contribution in [3.8, 4) is 0 Å². The van der Waals surface area contributed by atoms with Crippen molar-refractivity contribution in [2.45, 2.75) is 58.3 Å². The third kappa shape index (κ3) is 9.34. The highest BCUT2D eigenvalue weighted by atomic mass is 16.6. The Labute approximate surface area is 147 Å². The van der Waals surface area contributed by atoms with Crippen LogP contribution in [0.3, 0.4) is 0 Å². The Morgan fingerprint density at radius 3 is 2.36 bits per heavy atom. The molecule has 7 nitrogen and oxygen atoms in total. The van der Waals surface area contributed by atoms with Crippen LogP contribution in [0.4, 0.5) is 4.79 Å². The van der Waals surface area contributed by atoms with Crippen molar-refractivity contribution in [2.24, 2.45) is 0 Å². The van der Waals surface area contributed by atoms with Crippen LogP contribution < -0.4 is 5.32 Å². The molecule has 25 heavy (non-hydrogen) atoms. The Morgan fingerprint density at radius 1 is 1.16 bits per heavy atom. The first-order valence-corrected chi connectivity index (χ1v) is 8.09. The largest absolute Gasteiger partial charge is 0.480 e. The molecule has 0 aromatic heterocycles. The topological polar surface area (TPSA) is 102 Å². The highest BCUT2D eigenvalue weighted by Crippen LogP contribution is 2.11. The van der Waals surface area contributed by atoms with Crippen LogP contribution in [0.5, 0.6) is 0 Å². The lowest BCUT2D eigenvalue weighted by Crippen LogP contribution is -2.41. The van der Waals surface area contributed by atoms with Crippen LogP contribution in [0.15, 0.2) is 30.3 Å². The van der Waals surface area contributed by atoms with Gasteiger partial charge >= 0.3 is 18.0 Å². The molecule has 0 radical (unpaired) electrons. The van der Waals surface area contributed by atoms with Gasteiger partial charge in [-0.2, -0.15) is 0 Å². The first-order valence-electron chi connectivity index (χ1n) is 8.09. The van der Waals surface area contributed by atoms with Crippen molar-refractivity contribution >= 4 is 18.0 Å². The molecule has 1 atom stereocenters. The van der Waals surface area contributed by atoms with Gasteiger partial charge in [-0.05, 0) is 39.2 Å². The van der Waals surface area contributed by atoms with Crippen molar-refractivity contribution in [1.82, 2.24) is 5.32 Å². The minimum absolute atomic E-state index is 0.0525. The molecule has 1 rings (SSSR count). The van der Waals surface area contributed by atoms with Gasteiger partial charge in [-0.15, -0.1) is 0 Å². The number of alkyl carbamates (subject to hydrolysis) is 1. The molecule has 138 valence electrons. The Balaban J connectivity index is 2.37. The van der Waals surface area contributed by atoms with Gasteiger partial charge in [-0.3, -0.25) is 4.79 Å². The lowest BCUT2D eigenvalue weighted by molar-refractivity contribution is -0.155. The van der Waals surface area contributed by atoms with Gasteiger partial charge in [0.2, 0.25) is 0 Å². The first-order chi connectivity index (χ1) is 11.7. The van der Waals surface area contributed by atoms with Gasteiger partial charge in [0.1, 0.15) is 18.2 Å². The van der Waals surface area contributed by atoms with Gasteiger partial charge in [-0.1, -0.05) is 30.3 Å². The van der Waals surface area contributed by atoms with E-state index in [1.165, 1.54) is 0 Å². The summed E-state index contributed by atoms with van der Waals surface area (Å²) in [5.74, 6) is -1.58. The lowest BCUT2D eigenvalue weighted by Gasteiger charge is -2.20. The molecule has 1 aromatic rings. The van der Waals surface area contributed by atoms with E-state index in [2.05, 4.69) is 5.32 Å². The quantitative estimate of drug-likeness (QED) is 0.698. The fourth-order valence-electron chi connectivity index (χ4n) is 2.01. The van der Waals surface area contributed by atoms with E-state index in [0.717, 1.165) is 5.56 Å². The molecule has 0 saturated carbocycles. The predicted octanol–water partition coefficient (Wildman–Crippen LogP) is 2.88. The fourth-order valence-corrected chi connectivity index (χ4v) is 2.01. The Kier molecular flexibility index (Phi) is 7.91. The summed E-state index contributed by atoms with van der Waals surface area (Å²) in [6, 6.07) is 7.94. The summed E-state index contributed by atoms with van der Waals surface area (Å²) >= 11 is 0. The molecule has 0 spiro atoms. The first kappa shape index (κ1) is 20.5. The molecular weight excluding hydrogens is 326 g/mol. The number of carboxylic acids is 1. The van der Waals surface area contributed by atoms with Gasteiger partial charge in [0.15, 0.2) is 0 Å². The molecule has 2 N–H and O–H groups in total. The predicted molar refractivity (Wildman–Crippen MR) is 90.9 cm³/mol. The maximum atomic E-state index is 11.7. The minimum Gasteiger partial charge on any atom is -0.480 e. The standard InChI is InChI=1S/C18H25NO6/c1-18(2,3)25-15(20)11-7-10-14(16(21)22)19-17(23)24-12-13-8-5-4-6-9-13/h4-6,8-9,14H,7,10-12H2,1-3H3,(H,19,23)(H,21,22)/t14-/m0/s1. The molecule has 0 fully saturated rings. The van der Waals surface area contributed by atoms with E-state index < -0.39 is 29.7 Å². The number of hydrogen-bond acceptors (Lipinski definition) is 5. The summed E-state index contributed by atoms with van der Waals surface area (Å²) in [5.41, 5.74) is 0.220. The summed E-state index contributed by atoms with van der Waals surface area (Å²) < 4.78 is 10.1. The second-order valence-electron chi connectivity index (χ2n) is 6.58. The van der Waals surface area contributed by atoms with Crippen molar-refractivity contribution in [2.75, 3.05) is 0 Å². The van der Waals surface area contributed by atoms with Crippen LogP contribution >= 0.6 is 0 Å². The molecule has 0 bridgehead atoms. The van der Waals surface area contributed by atoms with E-state index in [0.29, 0.717) is 0 Å². The average Bonchev–Trinajstić information content (AvgIpc) is 2.51. The molecule has 1 amide bonds. The highest BCUT2D eigenvalue weighted by molar-refractivity contribution is 5.80. The highest BCUT2D eigenvalue weighted by Gasteiger charge is 2.22. The van der Waals surface area contributed by atoms with Crippen LogP contribution in [0.25, 0.3) is 0 Å². The second kappa shape index (κ2) is 9.66. The molecule has 0 aliphatic heterocycles. The van der Waals surface area contributed by atoms with Crippen molar-refractivity contribution < 1.29 is 29.0 Å². The number of aliphatic carboxylic acids is 1. The summed E-state index contributed by atoms with van der Waals surface area (Å²) in [6.45, 7) is 5.33. The zero-order valence-electron chi connectivity index (χ0n) is 14.8. The van der Waals surface area contributed by atoms with Gasteiger partial charge < -0.3 is 19.9 Å². The summed E-state index contributed by atoms with van der Waals surface area (Å²) in [6.07, 6.45) is -0.338. The number of hydrogen-bond donors (Lipinski definition) is 2. The maximum Gasteiger partial charge on any atom is 0.408 e. The van der Waals surface area contributed by atoms with E-state index >= 15 is 0 Å². The van der Waals surface area contributed by atoms with E-state index in [1.807, 2.05) is 18.2 Å². The van der Waals surface area contributed by atoms with Gasteiger partial charge in [0.25, 0.3) is 0 Å². The Bertz CT molecular complexity index is 579. The number of amides is 1. The van der Waals surface area contributed by atoms with Crippen LogP contribution in [-0.4, -0.2) is 34.8 Å². The SMILES string of the molecule is CC(C)(C)OC(=O)CCC[C@H](NC(=O)OCc1ccccc1)C(=O)O.